The van der Waals surface area contributed by atoms with Gasteiger partial charge in [-0.3, -0.25) is 0 Å². The monoisotopic (exact) mass is 332 g/mol. The molecular formula is C17H21BrN2. The van der Waals surface area contributed by atoms with Gasteiger partial charge in [-0.15, -0.1) is 0 Å². The highest BCUT2D eigenvalue weighted by Gasteiger charge is 2.39. The highest BCUT2D eigenvalue weighted by atomic mass is 79.9. The van der Waals surface area contributed by atoms with Crippen LogP contribution < -0.4 is 0 Å². The summed E-state index contributed by atoms with van der Waals surface area (Å²) in [6.45, 7) is 2.32. The summed E-state index contributed by atoms with van der Waals surface area (Å²) in [5, 5.41) is 4.53. The fourth-order valence-electron chi connectivity index (χ4n) is 3.41. The van der Waals surface area contributed by atoms with Gasteiger partial charge in [-0.25, -0.2) is 4.68 Å². The molecule has 0 saturated heterocycles. The molecule has 1 heterocycles. The lowest BCUT2D eigenvalue weighted by Gasteiger charge is -2.32. The van der Waals surface area contributed by atoms with Crippen LogP contribution in [0.25, 0.3) is 5.69 Å². The van der Waals surface area contributed by atoms with E-state index in [1.165, 1.54) is 37.7 Å². The van der Waals surface area contributed by atoms with Crippen LogP contribution in [0.15, 0.2) is 42.7 Å². The minimum Gasteiger partial charge on any atom is -0.241 e. The minimum absolute atomic E-state index is 0.417. The molecule has 0 N–H and O–H groups in total. The van der Waals surface area contributed by atoms with Gasteiger partial charge in [0.15, 0.2) is 0 Å². The van der Waals surface area contributed by atoms with Crippen molar-refractivity contribution < 1.29 is 0 Å². The van der Waals surface area contributed by atoms with Gasteiger partial charge in [0, 0.05) is 16.6 Å². The molecule has 2 aromatic rings. The van der Waals surface area contributed by atoms with Gasteiger partial charge < -0.3 is 0 Å². The Morgan fingerprint density at radius 3 is 2.60 bits per heavy atom. The normalized spacial score (nSPS) is 19.1. The van der Waals surface area contributed by atoms with Crippen molar-refractivity contribution >= 4 is 15.9 Å². The van der Waals surface area contributed by atoms with E-state index in [4.69, 9.17) is 0 Å². The molecule has 1 unspecified atom stereocenters. The van der Waals surface area contributed by atoms with Gasteiger partial charge in [-0.2, -0.15) is 5.10 Å². The van der Waals surface area contributed by atoms with Crippen molar-refractivity contribution in [1.82, 2.24) is 9.78 Å². The molecule has 1 aromatic carbocycles. The molecule has 0 aliphatic heterocycles. The van der Waals surface area contributed by atoms with E-state index >= 15 is 0 Å². The molecule has 106 valence electrons. The molecule has 3 heteroatoms. The maximum absolute atomic E-state index is 4.53. The molecule has 20 heavy (non-hydrogen) atoms. The summed E-state index contributed by atoms with van der Waals surface area (Å²) in [7, 11) is 0. The Bertz CT molecular complexity index is 555. The van der Waals surface area contributed by atoms with Gasteiger partial charge in [0.05, 0.1) is 11.9 Å². The van der Waals surface area contributed by atoms with Gasteiger partial charge >= 0.3 is 0 Å². The molecule has 0 amide bonds. The van der Waals surface area contributed by atoms with Crippen LogP contribution >= 0.6 is 15.9 Å². The van der Waals surface area contributed by atoms with E-state index in [0.29, 0.717) is 10.2 Å². The minimum atomic E-state index is 0.417. The third-order valence-electron chi connectivity index (χ3n) is 4.76. The lowest BCUT2D eigenvalue weighted by atomic mass is 9.78. The van der Waals surface area contributed by atoms with Gasteiger partial charge in [-0.05, 0) is 36.8 Å². The second-order valence-electron chi connectivity index (χ2n) is 5.84. The Morgan fingerprint density at radius 1 is 1.25 bits per heavy atom. The Kier molecular flexibility index (Phi) is 3.97. The highest BCUT2D eigenvalue weighted by molar-refractivity contribution is 9.09. The van der Waals surface area contributed by atoms with E-state index in [0.717, 1.165) is 5.69 Å². The van der Waals surface area contributed by atoms with E-state index < -0.39 is 0 Å². The second-order valence-corrected chi connectivity index (χ2v) is 6.76. The smallest absolute Gasteiger partial charge is 0.0645 e. The Balaban J connectivity index is 1.86. The van der Waals surface area contributed by atoms with Crippen molar-refractivity contribution in [2.45, 2.75) is 43.9 Å². The molecule has 0 bridgehead atoms. The van der Waals surface area contributed by atoms with Crippen molar-refractivity contribution in [3.63, 3.8) is 0 Å². The number of nitrogens with zero attached hydrogens (tertiary/aromatic N) is 2. The van der Waals surface area contributed by atoms with Crippen LogP contribution in [0, 0.1) is 5.41 Å². The number of halogens is 1. The molecule has 0 radical (unpaired) electrons. The molecule has 1 aliphatic carbocycles. The van der Waals surface area contributed by atoms with Crippen LogP contribution in [-0.2, 0) is 0 Å². The zero-order valence-electron chi connectivity index (χ0n) is 11.9. The zero-order valence-corrected chi connectivity index (χ0v) is 13.5. The van der Waals surface area contributed by atoms with Gasteiger partial charge in [-0.1, -0.05) is 53.9 Å². The standard InChI is InChI=1S/C17H21BrN2/c1-2-17(10-6-7-11-17)16(18)14-12-19-20(13-14)15-8-4-3-5-9-15/h3-5,8-9,12-13,16H,2,6-7,10-11H2,1H3. The average Bonchev–Trinajstić information content (AvgIpc) is 3.17. The van der Waals surface area contributed by atoms with Crippen molar-refractivity contribution in [1.29, 1.82) is 0 Å². The third kappa shape index (κ3) is 2.44. The fourth-order valence-corrected chi connectivity index (χ4v) is 4.43. The van der Waals surface area contributed by atoms with Crippen LogP contribution in [0.5, 0.6) is 0 Å². The predicted octanol–water partition coefficient (Wildman–Crippen LogP) is 5.28. The van der Waals surface area contributed by atoms with E-state index in [1.807, 2.05) is 29.1 Å². The molecule has 1 saturated carbocycles. The topological polar surface area (TPSA) is 17.8 Å². The SMILES string of the molecule is CCC1(C(Br)c2cnn(-c3ccccc3)c2)CCCC1. The molecular weight excluding hydrogens is 312 g/mol. The second kappa shape index (κ2) is 5.72. The van der Waals surface area contributed by atoms with Gasteiger partial charge in [0.25, 0.3) is 0 Å². The summed E-state index contributed by atoms with van der Waals surface area (Å²) in [6, 6.07) is 10.3. The Hall–Kier alpha value is -1.09. The van der Waals surface area contributed by atoms with Crippen LogP contribution in [0.4, 0.5) is 0 Å². The Labute approximate surface area is 129 Å². The van der Waals surface area contributed by atoms with Crippen molar-refractivity contribution in [2.24, 2.45) is 5.41 Å². The maximum atomic E-state index is 4.53. The number of hydrogen-bond donors (Lipinski definition) is 0. The van der Waals surface area contributed by atoms with E-state index in [1.54, 1.807) is 0 Å². The Morgan fingerprint density at radius 2 is 1.95 bits per heavy atom. The van der Waals surface area contributed by atoms with E-state index in [2.05, 4.69) is 46.3 Å². The number of para-hydroxylation sites is 1. The van der Waals surface area contributed by atoms with Gasteiger partial charge in [0.2, 0.25) is 0 Å². The molecule has 1 atom stereocenters. The summed E-state index contributed by atoms with van der Waals surface area (Å²) in [4.78, 5) is 0.417. The fraction of sp³-hybridized carbons (Fsp3) is 0.471. The lowest BCUT2D eigenvalue weighted by molar-refractivity contribution is 0.279. The summed E-state index contributed by atoms with van der Waals surface area (Å²) in [5.41, 5.74) is 2.85. The first-order valence-electron chi connectivity index (χ1n) is 7.49. The third-order valence-corrected chi connectivity index (χ3v) is 6.26. The number of aromatic nitrogens is 2. The van der Waals surface area contributed by atoms with Crippen LogP contribution in [0.2, 0.25) is 0 Å². The van der Waals surface area contributed by atoms with Gasteiger partial charge in [0.1, 0.15) is 0 Å². The van der Waals surface area contributed by atoms with Crippen molar-refractivity contribution in [2.75, 3.05) is 0 Å². The van der Waals surface area contributed by atoms with Crippen molar-refractivity contribution in [3.05, 3.63) is 48.3 Å². The number of benzene rings is 1. The van der Waals surface area contributed by atoms with Crippen LogP contribution in [-0.4, -0.2) is 9.78 Å². The molecule has 1 aliphatic rings. The predicted molar refractivity (Wildman–Crippen MR) is 86.4 cm³/mol. The maximum Gasteiger partial charge on any atom is 0.0645 e. The summed E-state index contributed by atoms with van der Waals surface area (Å²) in [6.07, 6.45) is 10.8. The summed E-state index contributed by atoms with van der Waals surface area (Å²) < 4.78 is 1.97. The molecule has 0 spiro atoms. The number of hydrogen-bond acceptors (Lipinski definition) is 1. The quantitative estimate of drug-likeness (QED) is 0.696. The van der Waals surface area contributed by atoms with Crippen molar-refractivity contribution in [3.8, 4) is 5.69 Å². The zero-order chi connectivity index (χ0) is 14.0. The first kappa shape index (κ1) is 13.9. The molecule has 1 fully saturated rings. The average molecular weight is 333 g/mol. The largest absolute Gasteiger partial charge is 0.241 e. The summed E-state index contributed by atoms with van der Waals surface area (Å²) >= 11 is 3.96. The van der Waals surface area contributed by atoms with E-state index in [-0.39, 0.29) is 0 Å². The van der Waals surface area contributed by atoms with Crippen LogP contribution in [0.1, 0.15) is 49.4 Å². The highest BCUT2D eigenvalue weighted by Crippen LogP contribution is 2.53. The van der Waals surface area contributed by atoms with Crippen LogP contribution in [0.3, 0.4) is 0 Å². The lowest BCUT2D eigenvalue weighted by Crippen LogP contribution is -2.20. The summed E-state index contributed by atoms with van der Waals surface area (Å²) in [5.74, 6) is 0. The first-order valence-corrected chi connectivity index (χ1v) is 8.41. The first-order chi connectivity index (χ1) is 9.75. The number of alkyl halides is 1. The van der Waals surface area contributed by atoms with E-state index in [9.17, 15) is 0 Å². The molecule has 1 aromatic heterocycles. The number of rotatable bonds is 4. The molecule has 3 rings (SSSR count). The molecule has 2 nitrogen and oxygen atoms in total.